The predicted octanol–water partition coefficient (Wildman–Crippen LogP) is 2.85. The maximum atomic E-state index is 12.1. The van der Waals surface area contributed by atoms with Crippen LogP contribution in [0.1, 0.15) is 37.8 Å². The predicted molar refractivity (Wildman–Crippen MR) is 82.3 cm³/mol. The minimum atomic E-state index is -0.779. The van der Waals surface area contributed by atoms with Crippen molar-refractivity contribution in [3.8, 4) is 0 Å². The van der Waals surface area contributed by atoms with Gasteiger partial charge in [-0.3, -0.25) is 4.79 Å². The van der Waals surface area contributed by atoms with Gasteiger partial charge in [0.15, 0.2) is 0 Å². The Morgan fingerprint density at radius 2 is 2.16 bits per heavy atom. The molecule has 0 aliphatic rings. The average Bonchev–Trinajstić information content (AvgIpc) is 2.36. The van der Waals surface area contributed by atoms with E-state index in [2.05, 4.69) is 30.4 Å². The summed E-state index contributed by atoms with van der Waals surface area (Å²) in [7, 11) is 0. The van der Waals surface area contributed by atoms with Gasteiger partial charge in [0.2, 0.25) is 5.91 Å². The van der Waals surface area contributed by atoms with Gasteiger partial charge in [-0.25, -0.2) is 0 Å². The fraction of sp³-hybridized carbons (Fsp3) is 0.533. The number of aryl methyl sites for hydroxylation is 1. The summed E-state index contributed by atoms with van der Waals surface area (Å²) in [4.78, 5) is 13.3. The van der Waals surface area contributed by atoms with Crippen LogP contribution in [0.2, 0.25) is 0 Å². The molecule has 0 radical (unpaired) electrons. The SMILES string of the molecule is CCCC(C)(N)C(=O)NCc1ccc(C)cc1SC. The molecule has 19 heavy (non-hydrogen) atoms. The molecule has 0 aliphatic heterocycles. The number of hydrogen-bond acceptors (Lipinski definition) is 3. The molecule has 0 aliphatic carbocycles. The van der Waals surface area contributed by atoms with E-state index >= 15 is 0 Å². The van der Waals surface area contributed by atoms with Crippen LogP contribution in [0, 0.1) is 6.92 Å². The molecule has 0 aromatic heterocycles. The average molecular weight is 280 g/mol. The topological polar surface area (TPSA) is 55.1 Å². The molecule has 0 heterocycles. The van der Waals surface area contributed by atoms with Crippen molar-refractivity contribution < 1.29 is 4.79 Å². The Balaban J connectivity index is 2.69. The van der Waals surface area contributed by atoms with Gasteiger partial charge in [0.25, 0.3) is 0 Å². The zero-order chi connectivity index (χ0) is 14.5. The van der Waals surface area contributed by atoms with Crippen molar-refractivity contribution in [3.63, 3.8) is 0 Å². The molecular formula is C15H24N2OS. The molecule has 106 valence electrons. The summed E-state index contributed by atoms with van der Waals surface area (Å²) in [6.45, 7) is 6.42. The van der Waals surface area contributed by atoms with Crippen LogP contribution in [0.3, 0.4) is 0 Å². The molecule has 0 bridgehead atoms. The maximum absolute atomic E-state index is 12.1. The largest absolute Gasteiger partial charge is 0.350 e. The third-order valence-electron chi connectivity index (χ3n) is 3.17. The first-order chi connectivity index (χ1) is 8.90. The highest BCUT2D eigenvalue weighted by atomic mass is 32.2. The Hall–Kier alpha value is -1.00. The summed E-state index contributed by atoms with van der Waals surface area (Å²) in [5.74, 6) is -0.0815. The number of nitrogens with one attached hydrogen (secondary N) is 1. The molecule has 1 rings (SSSR count). The lowest BCUT2D eigenvalue weighted by Gasteiger charge is -2.23. The van der Waals surface area contributed by atoms with Gasteiger partial charge >= 0.3 is 0 Å². The van der Waals surface area contributed by atoms with Crippen molar-refractivity contribution >= 4 is 17.7 Å². The van der Waals surface area contributed by atoms with Crippen LogP contribution in [0.15, 0.2) is 23.1 Å². The van der Waals surface area contributed by atoms with Crippen LogP contribution >= 0.6 is 11.8 Å². The van der Waals surface area contributed by atoms with E-state index in [0.29, 0.717) is 13.0 Å². The van der Waals surface area contributed by atoms with Crippen LogP contribution in [0.5, 0.6) is 0 Å². The number of amides is 1. The van der Waals surface area contributed by atoms with Crippen molar-refractivity contribution in [2.45, 2.75) is 50.6 Å². The van der Waals surface area contributed by atoms with Crippen molar-refractivity contribution in [2.24, 2.45) is 5.73 Å². The third-order valence-corrected chi connectivity index (χ3v) is 3.99. The van der Waals surface area contributed by atoms with Gasteiger partial charge in [-0.2, -0.15) is 0 Å². The zero-order valence-corrected chi connectivity index (χ0v) is 13.1. The van der Waals surface area contributed by atoms with E-state index in [4.69, 9.17) is 5.73 Å². The van der Waals surface area contributed by atoms with Gasteiger partial charge in [0, 0.05) is 11.4 Å². The van der Waals surface area contributed by atoms with E-state index in [1.165, 1.54) is 10.5 Å². The molecule has 1 amide bonds. The molecular weight excluding hydrogens is 256 g/mol. The normalized spacial score (nSPS) is 13.9. The van der Waals surface area contributed by atoms with Gasteiger partial charge in [-0.05, 0) is 43.7 Å². The van der Waals surface area contributed by atoms with Crippen molar-refractivity contribution in [1.29, 1.82) is 0 Å². The van der Waals surface area contributed by atoms with Crippen LogP contribution < -0.4 is 11.1 Å². The minimum Gasteiger partial charge on any atom is -0.350 e. The second-order valence-electron chi connectivity index (χ2n) is 5.17. The Labute approximate surface area is 120 Å². The Morgan fingerprint density at radius 1 is 1.47 bits per heavy atom. The fourth-order valence-electron chi connectivity index (χ4n) is 2.01. The Kier molecular flexibility index (Phi) is 5.88. The summed E-state index contributed by atoms with van der Waals surface area (Å²) in [5.41, 5.74) is 7.60. The smallest absolute Gasteiger partial charge is 0.240 e. The van der Waals surface area contributed by atoms with Crippen molar-refractivity contribution in [3.05, 3.63) is 29.3 Å². The first kappa shape index (κ1) is 16.1. The highest BCUT2D eigenvalue weighted by molar-refractivity contribution is 7.98. The fourth-order valence-corrected chi connectivity index (χ4v) is 2.71. The molecule has 4 heteroatoms. The standard InChI is InChI=1S/C15H24N2OS/c1-5-8-15(3,16)14(18)17-10-12-7-6-11(2)9-13(12)19-4/h6-7,9H,5,8,10,16H2,1-4H3,(H,17,18). The highest BCUT2D eigenvalue weighted by Crippen LogP contribution is 2.22. The van der Waals surface area contributed by atoms with Crippen LogP contribution in [-0.2, 0) is 11.3 Å². The summed E-state index contributed by atoms with van der Waals surface area (Å²) in [6, 6.07) is 6.27. The number of rotatable bonds is 6. The van der Waals surface area contributed by atoms with E-state index in [9.17, 15) is 4.79 Å². The zero-order valence-electron chi connectivity index (χ0n) is 12.2. The monoisotopic (exact) mass is 280 g/mol. The number of benzene rings is 1. The first-order valence-corrected chi connectivity index (χ1v) is 7.84. The maximum Gasteiger partial charge on any atom is 0.240 e. The lowest BCUT2D eigenvalue weighted by molar-refractivity contribution is -0.126. The Bertz CT molecular complexity index is 444. The van der Waals surface area contributed by atoms with Gasteiger partial charge < -0.3 is 11.1 Å². The van der Waals surface area contributed by atoms with E-state index in [0.717, 1.165) is 12.0 Å². The lowest BCUT2D eigenvalue weighted by Crippen LogP contribution is -2.51. The van der Waals surface area contributed by atoms with Gasteiger partial charge in [-0.1, -0.05) is 25.5 Å². The number of nitrogens with two attached hydrogens (primary N) is 1. The minimum absolute atomic E-state index is 0.0815. The van der Waals surface area contributed by atoms with E-state index in [-0.39, 0.29) is 5.91 Å². The molecule has 0 spiro atoms. The molecule has 3 N–H and O–H groups in total. The molecule has 0 fully saturated rings. The summed E-state index contributed by atoms with van der Waals surface area (Å²) in [6.07, 6.45) is 3.65. The number of hydrogen-bond donors (Lipinski definition) is 2. The van der Waals surface area contributed by atoms with Crippen molar-refractivity contribution in [1.82, 2.24) is 5.32 Å². The highest BCUT2D eigenvalue weighted by Gasteiger charge is 2.26. The first-order valence-electron chi connectivity index (χ1n) is 6.61. The molecule has 1 unspecified atom stereocenters. The number of thioether (sulfide) groups is 1. The summed E-state index contributed by atoms with van der Waals surface area (Å²) >= 11 is 1.70. The molecule has 0 saturated heterocycles. The van der Waals surface area contributed by atoms with E-state index < -0.39 is 5.54 Å². The lowest BCUT2D eigenvalue weighted by atomic mass is 9.96. The second kappa shape index (κ2) is 6.96. The molecule has 1 aromatic carbocycles. The molecule has 3 nitrogen and oxygen atoms in total. The third kappa shape index (κ3) is 4.55. The summed E-state index contributed by atoms with van der Waals surface area (Å²) in [5, 5.41) is 2.94. The van der Waals surface area contributed by atoms with E-state index in [1.54, 1.807) is 18.7 Å². The number of carbonyl (C=O) groups excluding carboxylic acids is 1. The van der Waals surface area contributed by atoms with Gasteiger partial charge in [0.05, 0.1) is 5.54 Å². The Morgan fingerprint density at radius 3 is 2.74 bits per heavy atom. The number of carbonyl (C=O) groups is 1. The second-order valence-corrected chi connectivity index (χ2v) is 6.01. The van der Waals surface area contributed by atoms with Crippen LogP contribution in [0.4, 0.5) is 0 Å². The van der Waals surface area contributed by atoms with Crippen molar-refractivity contribution in [2.75, 3.05) is 6.26 Å². The van der Waals surface area contributed by atoms with Crippen LogP contribution in [0.25, 0.3) is 0 Å². The quantitative estimate of drug-likeness (QED) is 0.788. The van der Waals surface area contributed by atoms with Gasteiger partial charge in [-0.15, -0.1) is 11.8 Å². The molecule has 0 saturated carbocycles. The molecule has 1 atom stereocenters. The molecule has 1 aromatic rings. The van der Waals surface area contributed by atoms with E-state index in [1.807, 2.05) is 13.2 Å². The summed E-state index contributed by atoms with van der Waals surface area (Å²) < 4.78 is 0. The van der Waals surface area contributed by atoms with Gasteiger partial charge in [0.1, 0.15) is 0 Å². The van der Waals surface area contributed by atoms with Crippen LogP contribution in [-0.4, -0.2) is 17.7 Å².